The van der Waals surface area contributed by atoms with E-state index >= 15 is 0 Å². The van der Waals surface area contributed by atoms with Gasteiger partial charge in [-0.2, -0.15) is 12.6 Å². The van der Waals surface area contributed by atoms with Crippen molar-refractivity contribution in [3.8, 4) is 0 Å². The number of allylic oxidation sites excluding steroid dienone is 2. The van der Waals surface area contributed by atoms with Gasteiger partial charge in [0.2, 0.25) is 0 Å². The van der Waals surface area contributed by atoms with Gasteiger partial charge in [0.05, 0.1) is 0 Å². The third kappa shape index (κ3) is 3.83. The smallest absolute Gasteiger partial charge is 0.0249 e. The molecule has 0 aliphatic heterocycles. The fourth-order valence-corrected chi connectivity index (χ4v) is 8.71. The molecule has 0 saturated heterocycles. The first-order valence-corrected chi connectivity index (χ1v) is 13.9. The van der Waals surface area contributed by atoms with E-state index in [1.165, 1.54) is 47.5 Å². The predicted octanol–water partition coefficient (Wildman–Crippen LogP) is 8.40. The summed E-state index contributed by atoms with van der Waals surface area (Å²) in [4.78, 5) is 2.76. The van der Waals surface area contributed by atoms with E-state index in [2.05, 4.69) is 65.5 Å². The maximum Gasteiger partial charge on any atom is 0.0249 e. The molecule has 0 bridgehead atoms. The first kappa shape index (κ1) is 23.2. The molecule has 30 heavy (non-hydrogen) atoms. The van der Waals surface area contributed by atoms with Crippen molar-refractivity contribution in [2.75, 3.05) is 0 Å². The number of benzene rings is 1. The third-order valence-corrected chi connectivity index (χ3v) is 11.9. The molecule has 0 spiro atoms. The molecular weight excluding hydrogens is 420 g/mol. The van der Waals surface area contributed by atoms with Crippen molar-refractivity contribution in [3.63, 3.8) is 0 Å². The van der Waals surface area contributed by atoms with Gasteiger partial charge in [0, 0.05) is 20.3 Å². The van der Waals surface area contributed by atoms with Crippen molar-refractivity contribution in [3.05, 3.63) is 34.4 Å². The van der Waals surface area contributed by atoms with Crippen LogP contribution in [0.25, 0.3) is 0 Å². The highest BCUT2D eigenvalue weighted by molar-refractivity contribution is 8.01. The molecule has 0 radical (unpaired) electrons. The Morgan fingerprint density at radius 3 is 2.60 bits per heavy atom. The van der Waals surface area contributed by atoms with Crippen molar-refractivity contribution < 1.29 is 0 Å². The molecule has 3 aliphatic rings. The fraction of sp³-hybridized carbons (Fsp3) is 0.704. The molecule has 0 aromatic heterocycles. The van der Waals surface area contributed by atoms with E-state index in [-0.39, 0.29) is 0 Å². The standard InChI is InChI=1S/C27H40S3/c1-15-8-7-9-21(28)22(14-17(15)3)30-26-23-16(2)12-13-27(6)18(4)10-11-20(24(23)27)19(5)25(26)29/h7-8,15-18,21-22,28-29H,9-14H2,1-6H3/t15?,16-,17?,18?,21?,22?,27?/m1/s1. The normalized spacial score (nSPS) is 38.7. The fourth-order valence-electron chi connectivity index (χ4n) is 6.21. The summed E-state index contributed by atoms with van der Waals surface area (Å²) >= 11 is 12.4. The van der Waals surface area contributed by atoms with Crippen molar-refractivity contribution >= 4 is 37.0 Å². The zero-order chi connectivity index (χ0) is 21.8. The molecule has 0 heterocycles. The van der Waals surface area contributed by atoms with Gasteiger partial charge < -0.3 is 0 Å². The maximum absolute atomic E-state index is 5.17. The Morgan fingerprint density at radius 2 is 1.87 bits per heavy atom. The van der Waals surface area contributed by atoms with E-state index in [9.17, 15) is 0 Å². The molecule has 6 unspecified atom stereocenters. The highest BCUT2D eigenvalue weighted by atomic mass is 32.2. The Labute approximate surface area is 200 Å². The van der Waals surface area contributed by atoms with Gasteiger partial charge in [-0.3, -0.25) is 0 Å². The molecule has 4 rings (SSSR count). The monoisotopic (exact) mass is 460 g/mol. The summed E-state index contributed by atoms with van der Waals surface area (Å²) in [6, 6.07) is 0. The van der Waals surface area contributed by atoms with Crippen LogP contribution in [-0.4, -0.2) is 10.5 Å². The molecular formula is C27H40S3. The van der Waals surface area contributed by atoms with Gasteiger partial charge in [0.25, 0.3) is 0 Å². The molecule has 0 amide bonds. The van der Waals surface area contributed by atoms with Crippen molar-refractivity contribution in [1.29, 1.82) is 0 Å². The number of hydrogen-bond donors (Lipinski definition) is 2. The topological polar surface area (TPSA) is 0 Å². The summed E-state index contributed by atoms with van der Waals surface area (Å²) in [5, 5.41) is 0.943. The lowest BCUT2D eigenvalue weighted by molar-refractivity contribution is 0.228. The van der Waals surface area contributed by atoms with Gasteiger partial charge in [-0.1, -0.05) is 46.8 Å². The lowest BCUT2D eigenvalue weighted by atomic mass is 9.57. The van der Waals surface area contributed by atoms with E-state index in [1.54, 1.807) is 16.7 Å². The van der Waals surface area contributed by atoms with Gasteiger partial charge in [0.1, 0.15) is 0 Å². The van der Waals surface area contributed by atoms with Crippen LogP contribution in [-0.2, 0) is 11.8 Å². The zero-order valence-corrected chi connectivity index (χ0v) is 22.3. The second kappa shape index (κ2) is 8.75. The van der Waals surface area contributed by atoms with E-state index in [4.69, 9.17) is 25.3 Å². The van der Waals surface area contributed by atoms with Gasteiger partial charge in [0.15, 0.2) is 0 Å². The highest BCUT2D eigenvalue weighted by Gasteiger charge is 2.45. The van der Waals surface area contributed by atoms with E-state index < -0.39 is 0 Å². The lowest BCUT2D eigenvalue weighted by Gasteiger charge is -2.49. The number of thiol groups is 2. The summed E-state index contributed by atoms with van der Waals surface area (Å²) in [6.45, 7) is 14.6. The molecule has 0 N–H and O–H groups in total. The third-order valence-electron chi connectivity index (χ3n) is 8.93. The Hall–Kier alpha value is 0.01000. The van der Waals surface area contributed by atoms with Crippen LogP contribution < -0.4 is 0 Å². The maximum atomic E-state index is 5.17. The van der Waals surface area contributed by atoms with Crippen LogP contribution in [0.5, 0.6) is 0 Å². The van der Waals surface area contributed by atoms with Crippen LogP contribution in [0.1, 0.15) is 94.9 Å². The Balaban J connectivity index is 1.82. The van der Waals surface area contributed by atoms with Crippen LogP contribution in [0.2, 0.25) is 0 Å². The minimum Gasteiger partial charge on any atom is -0.174 e. The number of thioether (sulfide) groups is 1. The van der Waals surface area contributed by atoms with Gasteiger partial charge in [-0.15, -0.1) is 24.4 Å². The zero-order valence-electron chi connectivity index (χ0n) is 19.7. The average Bonchev–Trinajstić information content (AvgIpc) is 2.70. The molecule has 166 valence electrons. The van der Waals surface area contributed by atoms with Gasteiger partial charge in [-0.25, -0.2) is 0 Å². The molecule has 0 nitrogen and oxygen atoms in total. The molecule has 3 aliphatic carbocycles. The first-order chi connectivity index (χ1) is 14.1. The van der Waals surface area contributed by atoms with Crippen molar-refractivity contribution in [1.82, 2.24) is 0 Å². The number of hydrogen-bond acceptors (Lipinski definition) is 3. The lowest BCUT2D eigenvalue weighted by Crippen LogP contribution is -2.40. The van der Waals surface area contributed by atoms with Crippen LogP contribution in [0.4, 0.5) is 0 Å². The SMILES string of the molecule is Cc1c(S)c(SC2CC(C)C(C)C=CCC2S)c2c3c1CCC(C)C3(C)CC[C@H]2C. The minimum absolute atomic E-state index is 0.336. The van der Waals surface area contributed by atoms with E-state index in [0.29, 0.717) is 33.7 Å². The quantitative estimate of drug-likeness (QED) is 0.330. The van der Waals surface area contributed by atoms with Crippen LogP contribution in [0, 0.1) is 24.7 Å². The predicted molar refractivity (Wildman–Crippen MR) is 140 cm³/mol. The molecule has 3 heteroatoms. The summed E-state index contributed by atoms with van der Waals surface area (Å²) in [5.74, 6) is 2.74. The van der Waals surface area contributed by atoms with Crippen molar-refractivity contribution in [2.45, 2.75) is 112 Å². The summed E-state index contributed by atoms with van der Waals surface area (Å²) < 4.78 is 0. The summed E-state index contributed by atoms with van der Waals surface area (Å²) in [6.07, 6.45) is 12.3. The van der Waals surface area contributed by atoms with Gasteiger partial charge in [-0.05, 0) is 96.8 Å². The second-order valence-electron chi connectivity index (χ2n) is 10.8. The summed E-state index contributed by atoms with van der Waals surface area (Å²) in [5.41, 5.74) is 6.81. The van der Waals surface area contributed by atoms with Gasteiger partial charge >= 0.3 is 0 Å². The molecule has 0 fully saturated rings. The first-order valence-electron chi connectivity index (χ1n) is 12.0. The molecule has 1 aromatic carbocycles. The van der Waals surface area contributed by atoms with E-state index in [1.807, 2.05) is 0 Å². The van der Waals surface area contributed by atoms with E-state index in [0.717, 1.165) is 12.3 Å². The highest BCUT2D eigenvalue weighted by Crippen LogP contribution is 2.57. The Bertz CT molecular complexity index is 841. The Morgan fingerprint density at radius 1 is 1.13 bits per heavy atom. The average molecular weight is 461 g/mol. The van der Waals surface area contributed by atoms with Crippen molar-refractivity contribution in [2.24, 2.45) is 17.8 Å². The summed E-state index contributed by atoms with van der Waals surface area (Å²) in [7, 11) is 0. The molecule has 7 atom stereocenters. The van der Waals surface area contributed by atoms with Crippen LogP contribution in [0.15, 0.2) is 21.9 Å². The number of rotatable bonds is 2. The largest absolute Gasteiger partial charge is 0.174 e. The van der Waals surface area contributed by atoms with Crippen LogP contribution in [0.3, 0.4) is 0 Å². The second-order valence-corrected chi connectivity index (χ2v) is 13.2. The Kier molecular flexibility index (Phi) is 6.76. The molecule has 1 aromatic rings. The molecule has 0 saturated carbocycles. The minimum atomic E-state index is 0.336. The van der Waals surface area contributed by atoms with Crippen LogP contribution >= 0.6 is 37.0 Å².